The third kappa shape index (κ3) is 3.34. The molecule has 1 heterocycles. The van der Waals surface area contributed by atoms with Crippen molar-refractivity contribution in [3.05, 3.63) is 0 Å². The molecule has 1 saturated heterocycles. The first kappa shape index (κ1) is 11.2. The van der Waals surface area contributed by atoms with E-state index in [2.05, 4.69) is 4.90 Å². The average molecular weight is 222 g/mol. The van der Waals surface area contributed by atoms with Gasteiger partial charge in [-0.25, -0.2) is 5.32 Å². The van der Waals surface area contributed by atoms with Gasteiger partial charge in [0.2, 0.25) is 0 Å². The van der Waals surface area contributed by atoms with Crippen LogP contribution in [0.1, 0.15) is 32.1 Å². The molecule has 0 amide bonds. The van der Waals surface area contributed by atoms with E-state index in [-0.39, 0.29) is 12.6 Å². The van der Waals surface area contributed by atoms with Crippen LogP contribution in [0.2, 0.25) is 0 Å². The molecule has 15 heavy (non-hydrogen) atoms. The smallest absolute Gasteiger partial charge is 0.296 e. The predicted octanol–water partition coefficient (Wildman–Crippen LogP) is 2.11. The molecule has 5 heteroatoms. The van der Waals surface area contributed by atoms with Crippen LogP contribution in [0.15, 0.2) is 0 Å². The molecule has 1 aliphatic heterocycles. The highest BCUT2D eigenvalue weighted by Gasteiger charge is 2.37. The van der Waals surface area contributed by atoms with Gasteiger partial charge in [-0.15, -0.1) is 0 Å². The molecular formula is C10H17F3N2. The van der Waals surface area contributed by atoms with Gasteiger partial charge in [0.15, 0.2) is 0 Å². The van der Waals surface area contributed by atoms with E-state index in [1.54, 1.807) is 5.32 Å². The zero-order valence-corrected chi connectivity index (χ0v) is 8.69. The Balaban J connectivity index is 1.82. The first-order valence-corrected chi connectivity index (χ1v) is 5.64. The third-order valence-corrected chi connectivity index (χ3v) is 3.23. The Morgan fingerprint density at radius 2 is 1.87 bits per heavy atom. The lowest BCUT2D eigenvalue weighted by molar-refractivity contribution is -0.159. The number of likely N-dealkylation sites (tertiary alicyclic amines) is 1. The zero-order chi connectivity index (χ0) is 10.9. The normalized spacial score (nSPS) is 29.4. The molecule has 1 saturated carbocycles. The fourth-order valence-electron chi connectivity index (χ4n) is 2.36. The first-order chi connectivity index (χ1) is 7.06. The van der Waals surface area contributed by atoms with Gasteiger partial charge >= 0.3 is 6.30 Å². The highest BCUT2D eigenvalue weighted by molar-refractivity contribution is 4.91. The predicted molar refractivity (Wildman–Crippen MR) is 51.4 cm³/mol. The monoisotopic (exact) mass is 222 g/mol. The van der Waals surface area contributed by atoms with Crippen LogP contribution >= 0.6 is 0 Å². The van der Waals surface area contributed by atoms with Crippen molar-refractivity contribution >= 4 is 0 Å². The van der Waals surface area contributed by atoms with Gasteiger partial charge in [0.05, 0.1) is 0 Å². The summed E-state index contributed by atoms with van der Waals surface area (Å²) in [6, 6.07) is 0.665. The van der Waals surface area contributed by atoms with E-state index in [9.17, 15) is 13.2 Å². The van der Waals surface area contributed by atoms with Crippen molar-refractivity contribution in [1.29, 1.82) is 0 Å². The number of alkyl halides is 3. The molecule has 2 rings (SSSR count). The van der Waals surface area contributed by atoms with Crippen LogP contribution in [-0.2, 0) is 0 Å². The molecule has 2 aliphatic rings. The Morgan fingerprint density at radius 3 is 2.47 bits per heavy atom. The fourth-order valence-corrected chi connectivity index (χ4v) is 2.36. The number of hydrogen-bond donors (Lipinski definition) is 1. The summed E-state index contributed by atoms with van der Waals surface area (Å²) in [7, 11) is 0. The van der Waals surface area contributed by atoms with Crippen LogP contribution in [-0.4, -0.2) is 36.4 Å². The van der Waals surface area contributed by atoms with E-state index in [4.69, 9.17) is 0 Å². The first-order valence-electron chi connectivity index (χ1n) is 5.64. The Labute approximate surface area is 87.8 Å². The van der Waals surface area contributed by atoms with Gasteiger partial charge in [-0.2, -0.15) is 13.2 Å². The van der Waals surface area contributed by atoms with Crippen molar-refractivity contribution in [2.24, 2.45) is 0 Å². The summed E-state index contributed by atoms with van der Waals surface area (Å²) in [6.07, 6.45) is 1.21. The molecule has 0 unspecified atom stereocenters. The van der Waals surface area contributed by atoms with E-state index in [1.165, 1.54) is 12.8 Å². The molecule has 0 aromatic carbocycles. The summed E-state index contributed by atoms with van der Waals surface area (Å²) < 4.78 is 36.1. The van der Waals surface area contributed by atoms with Gasteiger partial charge in [0.25, 0.3) is 0 Å². The van der Waals surface area contributed by atoms with Crippen molar-refractivity contribution in [2.75, 3.05) is 13.1 Å². The SMILES string of the molecule is FC(F)(F)NC[C@H]1CCCCN1C1CC1. The average Bonchev–Trinajstić information content (AvgIpc) is 2.97. The van der Waals surface area contributed by atoms with Gasteiger partial charge in [0, 0.05) is 18.6 Å². The number of halogens is 3. The quantitative estimate of drug-likeness (QED) is 0.736. The van der Waals surface area contributed by atoms with Gasteiger partial charge in [-0.3, -0.25) is 4.90 Å². The minimum absolute atomic E-state index is 0.0556. The number of hydrogen-bond acceptors (Lipinski definition) is 2. The van der Waals surface area contributed by atoms with Crippen molar-refractivity contribution in [3.63, 3.8) is 0 Å². The molecule has 1 aliphatic carbocycles. The van der Waals surface area contributed by atoms with Crippen molar-refractivity contribution in [1.82, 2.24) is 10.2 Å². The fraction of sp³-hybridized carbons (Fsp3) is 1.00. The van der Waals surface area contributed by atoms with Crippen molar-refractivity contribution in [3.8, 4) is 0 Å². The summed E-state index contributed by atoms with van der Waals surface area (Å²) in [6.45, 7) is 1.04. The topological polar surface area (TPSA) is 15.3 Å². The van der Waals surface area contributed by atoms with Gasteiger partial charge in [-0.05, 0) is 32.2 Å². The van der Waals surface area contributed by atoms with Crippen molar-refractivity contribution in [2.45, 2.75) is 50.5 Å². The second-order valence-electron chi connectivity index (χ2n) is 4.50. The van der Waals surface area contributed by atoms with E-state index in [0.717, 1.165) is 25.8 Å². The summed E-state index contributed by atoms with van der Waals surface area (Å²) in [5.41, 5.74) is 0. The molecule has 1 N–H and O–H groups in total. The van der Waals surface area contributed by atoms with E-state index >= 15 is 0 Å². The van der Waals surface area contributed by atoms with Crippen LogP contribution in [0.5, 0.6) is 0 Å². The number of rotatable bonds is 3. The highest BCUT2D eigenvalue weighted by atomic mass is 19.4. The maximum Gasteiger partial charge on any atom is 0.457 e. The minimum Gasteiger partial charge on any atom is -0.296 e. The molecular weight excluding hydrogens is 205 g/mol. The molecule has 0 radical (unpaired) electrons. The van der Waals surface area contributed by atoms with Gasteiger partial charge in [0.1, 0.15) is 0 Å². The molecule has 0 spiro atoms. The van der Waals surface area contributed by atoms with Crippen LogP contribution in [0, 0.1) is 0 Å². The summed E-state index contributed by atoms with van der Waals surface area (Å²) in [5, 5.41) is 1.66. The molecule has 0 aromatic heterocycles. The number of nitrogens with one attached hydrogen (secondary N) is 1. The summed E-state index contributed by atoms with van der Waals surface area (Å²) in [4.78, 5) is 2.27. The standard InChI is InChI=1S/C10H17F3N2/c11-10(12,13)14-7-9-3-1-2-6-15(9)8-4-5-8/h8-9,14H,1-7H2/t9-/m1/s1. The molecule has 2 nitrogen and oxygen atoms in total. The van der Waals surface area contributed by atoms with Gasteiger partial charge in [-0.1, -0.05) is 6.42 Å². The molecule has 0 bridgehead atoms. The second-order valence-corrected chi connectivity index (χ2v) is 4.50. The summed E-state index contributed by atoms with van der Waals surface area (Å²) >= 11 is 0. The second kappa shape index (κ2) is 4.29. The highest BCUT2D eigenvalue weighted by Crippen LogP contribution is 2.32. The lowest BCUT2D eigenvalue weighted by Gasteiger charge is -2.36. The Kier molecular flexibility index (Phi) is 3.21. The van der Waals surface area contributed by atoms with Crippen LogP contribution in [0.25, 0.3) is 0 Å². The lowest BCUT2D eigenvalue weighted by atomic mass is 10.0. The molecule has 2 fully saturated rings. The van der Waals surface area contributed by atoms with Crippen LogP contribution in [0.3, 0.4) is 0 Å². The van der Waals surface area contributed by atoms with Crippen molar-refractivity contribution < 1.29 is 13.2 Å². The lowest BCUT2D eigenvalue weighted by Crippen LogP contribution is -2.49. The number of nitrogens with zero attached hydrogens (tertiary/aromatic N) is 1. The van der Waals surface area contributed by atoms with E-state index in [0.29, 0.717) is 6.04 Å². The molecule has 1 atom stereocenters. The summed E-state index contributed by atoms with van der Waals surface area (Å²) in [5.74, 6) is 0. The van der Waals surface area contributed by atoms with Gasteiger partial charge < -0.3 is 0 Å². The van der Waals surface area contributed by atoms with E-state index in [1.807, 2.05) is 0 Å². The van der Waals surface area contributed by atoms with Crippen LogP contribution in [0.4, 0.5) is 13.2 Å². The maximum atomic E-state index is 12.0. The van der Waals surface area contributed by atoms with Crippen LogP contribution < -0.4 is 5.32 Å². The zero-order valence-electron chi connectivity index (χ0n) is 8.69. The molecule has 88 valence electrons. The Morgan fingerprint density at radius 1 is 1.13 bits per heavy atom. The van der Waals surface area contributed by atoms with E-state index < -0.39 is 6.30 Å². The Hall–Kier alpha value is -0.290. The number of piperidine rings is 1. The third-order valence-electron chi connectivity index (χ3n) is 3.23. The Bertz CT molecular complexity index is 213. The maximum absolute atomic E-state index is 12.0. The largest absolute Gasteiger partial charge is 0.457 e. The minimum atomic E-state index is -4.23. The molecule has 0 aromatic rings.